The molecule has 1 fully saturated rings. The lowest BCUT2D eigenvalue weighted by molar-refractivity contribution is -0.131. The maximum atomic E-state index is 11.8. The van der Waals surface area contributed by atoms with E-state index in [0.29, 0.717) is 18.5 Å². The van der Waals surface area contributed by atoms with E-state index >= 15 is 0 Å². The van der Waals surface area contributed by atoms with E-state index < -0.39 is 0 Å². The Morgan fingerprint density at radius 3 is 2.83 bits per heavy atom. The van der Waals surface area contributed by atoms with E-state index in [1.165, 1.54) is 11.3 Å². The van der Waals surface area contributed by atoms with Crippen molar-refractivity contribution >= 4 is 23.2 Å². The topological polar surface area (TPSA) is 61.4 Å². The summed E-state index contributed by atoms with van der Waals surface area (Å²) in [5, 5.41) is 9.62. The molecule has 1 aliphatic rings. The predicted molar refractivity (Wildman–Crippen MR) is 70.7 cm³/mol. The minimum atomic E-state index is -0.107. The summed E-state index contributed by atoms with van der Waals surface area (Å²) in [6, 6.07) is 1.78. The summed E-state index contributed by atoms with van der Waals surface area (Å²) in [7, 11) is 0. The molecule has 6 heteroatoms. The Bertz CT molecular complexity index is 399. The van der Waals surface area contributed by atoms with Gasteiger partial charge < -0.3 is 15.5 Å². The van der Waals surface area contributed by atoms with E-state index in [1.54, 1.807) is 11.4 Å². The van der Waals surface area contributed by atoms with Crippen molar-refractivity contribution in [3.8, 4) is 0 Å². The number of carbonyl (C=O) groups excluding carboxylic acids is 2. The van der Waals surface area contributed by atoms with Gasteiger partial charge in [0.25, 0.3) is 5.91 Å². The first-order chi connectivity index (χ1) is 8.77. The molecule has 1 saturated heterocycles. The van der Waals surface area contributed by atoms with Crippen LogP contribution >= 0.6 is 11.3 Å². The first-order valence-electron chi connectivity index (χ1n) is 6.06. The fourth-order valence-corrected chi connectivity index (χ4v) is 2.49. The zero-order chi connectivity index (χ0) is 12.8. The van der Waals surface area contributed by atoms with E-state index in [2.05, 4.69) is 10.6 Å². The number of carbonyl (C=O) groups is 2. The van der Waals surface area contributed by atoms with Gasteiger partial charge in [-0.05, 0) is 11.4 Å². The first kappa shape index (κ1) is 13.0. The van der Waals surface area contributed by atoms with Gasteiger partial charge in [0.2, 0.25) is 5.91 Å². The van der Waals surface area contributed by atoms with E-state index in [1.807, 2.05) is 10.3 Å². The van der Waals surface area contributed by atoms with Crippen LogP contribution in [0.5, 0.6) is 0 Å². The normalized spacial score (nSPS) is 15.4. The number of amides is 2. The molecule has 2 amide bonds. The molecule has 2 heterocycles. The third kappa shape index (κ3) is 3.54. The minimum Gasteiger partial charge on any atom is -0.351 e. The molecule has 0 radical (unpaired) electrons. The number of piperazine rings is 1. The second-order valence-corrected chi connectivity index (χ2v) is 4.93. The van der Waals surface area contributed by atoms with Crippen LogP contribution in [0.4, 0.5) is 0 Å². The highest BCUT2D eigenvalue weighted by Crippen LogP contribution is 2.05. The largest absolute Gasteiger partial charge is 0.351 e. The highest BCUT2D eigenvalue weighted by Gasteiger charge is 2.15. The van der Waals surface area contributed by atoms with Crippen molar-refractivity contribution in [3.63, 3.8) is 0 Å². The number of rotatable bonds is 4. The third-order valence-corrected chi connectivity index (χ3v) is 3.56. The average Bonchev–Trinajstić information content (AvgIpc) is 2.93. The fraction of sp³-hybridized carbons (Fsp3) is 0.500. The van der Waals surface area contributed by atoms with Gasteiger partial charge in [0.1, 0.15) is 0 Å². The highest BCUT2D eigenvalue weighted by molar-refractivity contribution is 7.08. The number of nitrogens with zero attached hydrogens (tertiary/aromatic N) is 1. The van der Waals surface area contributed by atoms with Crippen LogP contribution in [0.2, 0.25) is 0 Å². The molecule has 0 unspecified atom stereocenters. The minimum absolute atomic E-state index is 0.107. The van der Waals surface area contributed by atoms with Crippen LogP contribution in [-0.4, -0.2) is 49.4 Å². The van der Waals surface area contributed by atoms with E-state index in [0.717, 1.165) is 26.2 Å². The lowest BCUT2D eigenvalue weighted by Crippen LogP contribution is -2.47. The second kappa shape index (κ2) is 6.51. The number of thiophene rings is 1. The van der Waals surface area contributed by atoms with Crippen LogP contribution in [-0.2, 0) is 4.79 Å². The zero-order valence-corrected chi connectivity index (χ0v) is 11.0. The van der Waals surface area contributed by atoms with Crippen molar-refractivity contribution in [3.05, 3.63) is 22.4 Å². The van der Waals surface area contributed by atoms with Crippen molar-refractivity contribution in [2.75, 3.05) is 32.7 Å². The molecule has 1 aliphatic heterocycles. The SMILES string of the molecule is O=C(NCCC(=O)N1CCNCC1)c1ccsc1. The molecule has 0 spiro atoms. The number of hydrogen-bond donors (Lipinski definition) is 2. The zero-order valence-electron chi connectivity index (χ0n) is 10.1. The highest BCUT2D eigenvalue weighted by atomic mass is 32.1. The van der Waals surface area contributed by atoms with Crippen LogP contribution in [0.25, 0.3) is 0 Å². The number of nitrogens with one attached hydrogen (secondary N) is 2. The fourth-order valence-electron chi connectivity index (χ4n) is 1.85. The molecule has 0 aromatic carbocycles. The standard InChI is InChI=1S/C12H17N3O2S/c16-11(15-6-4-13-5-7-15)1-3-14-12(17)10-2-8-18-9-10/h2,8-9,13H,1,3-7H2,(H,14,17). The summed E-state index contributed by atoms with van der Waals surface area (Å²) < 4.78 is 0. The van der Waals surface area contributed by atoms with E-state index in [9.17, 15) is 9.59 Å². The smallest absolute Gasteiger partial charge is 0.252 e. The third-order valence-electron chi connectivity index (χ3n) is 2.88. The lowest BCUT2D eigenvalue weighted by atomic mass is 10.3. The Hall–Kier alpha value is -1.40. The van der Waals surface area contributed by atoms with Gasteiger partial charge in [-0.15, -0.1) is 0 Å². The van der Waals surface area contributed by atoms with Gasteiger partial charge >= 0.3 is 0 Å². The van der Waals surface area contributed by atoms with Gasteiger partial charge in [-0.2, -0.15) is 11.3 Å². The molecular formula is C12H17N3O2S. The Balaban J connectivity index is 1.68. The Labute approximate surface area is 110 Å². The van der Waals surface area contributed by atoms with Crippen molar-refractivity contribution in [1.29, 1.82) is 0 Å². The summed E-state index contributed by atoms with van der Waals surface area (Å²) >= 11 is 1.49. The van der Waals surface area contributed by atoms with Crippen LogP contribution < -0.4 is 10.6 Å². The quantitative estimate of drug-likeness (QED) is 0.825. The van der Waals surface area contributed by atoms with Crippen molar-refractivity contribution in [2.45, 2.75) is 6.42 Å². The van der Waals surface area contributed by atoms with Crippen LogP contribution in [0.15, 0.2) is 16.8 Å². The van der Waals surface area contributed by atoms with Gasteiger partial charge in [-0.3, -0.25) is 9.59 Å². The monoisotopic (exact) mass is 267 g/mol. The summed E-state index contributed by atoms with van der Waals surface area (Å²) in [4.78, 5) is 25.3. The summed E-state index contributed by atoms with van der Waals surface area (Å²) in [5.41, 5.74) is 0.662. The predicted octanol–water partition coefficient (Wildman–Crippen LogP) is 0.300. The molecule has 1 aromatic rings. The summed E-state index contributed by atoms with van der Waals surface area (Å²) in [5.74, 6) is 0.00600. The van der Waals surface area contributed by atoms with Crippen molar-refractivity contribution in [2.24, 2.45) is 0 Å². The van der Waals surface area contributed by atoms with Crippen LogP contribution in [0, 0.1) is 0 Å². The van der Waals surface area contributed by atoms with Gasteiger partial charge in [-0.25, -0.2) is 0 Å². The van der Waals surface area contributed by atoms with Crippen LogP contribution in [0.1, 0.15) is 16.8 Å². The molecule has 2 rings (SSSR count). The molecule has 0 atom stereocenters. The second-order valence-electron chi connectivity index (χ2n) is 4.15. The van der Waals surface area contributed by atoms with Crippen LogP contribution in [0.3, 0.4) is 0 Å². The summed E-state index contributed by atoms with van der Waals surface area (Å²) in [6.45, 7) is 3.63. The van der Waals surface area contributed by atoms with Gasteiger partial charge in [0.15, 0.2) is 0 Å². The Morgan fingerprint density at radius 2 is 2.17 bits per heavy atom. The molecule has 1 aromatic heterocycles. The van der Waals surface area contributed by atoms with Crippen molar-refractivity contribution < 1.29 is 9.59 Å². The maximum Gasteiger partial charge on any atom is 0.252 e. The number of hydrogen-bond acceptors (Lipinski definition) is 4. The molecule has 2 N–H and O–H groups in total. The Morgan fingerprint density at radius 1 is 1.39 bits per heavy atom. The molecule has 0 bridgehead atoms. The molecule has 0 saturated carbocycles. The molecular weight excluding hydrogens is 250 g/mol. The molecule has 0 aliphatic carbocycles. The van der Waals surface area contributed by atoms with E-state index in [4.69, 9.17) is 0 Å². The van der Waals surface area contributed by atoms with Crippen molar-refractivity contribution in [1.82, 2.24) is 15.5 Å². The van der Waals surface area contributed by atoms with Gasteiger partial charge in [-0.1, -0.05) is 0 Å². The van der Waals surface area contributed by atoms with Gasteiger partial charge in [0.05, 0.1) is 0 Å². The molecule has 98 valence electrons. The maximum absolute atomic E-state index is 11.8. The Kier molecular flexibility index (Phi) is 4.72. The molecule has 18 heavy (non-hydrogen) atoms. The van der Waals surface area contributed by atoms with Gasteiger partial charge in [0, 0.05) is 50.1 Å². The average molecular weight is 267 g/mol. The molecule has 5 nitrogen and oxygen atoms in total. The van der Waals surface area contributed by atoms with E-state index in [-0.39, 0.29) is 11.8 Å². The summed E-state index contributed by atoms with van der Waals surface area (Å²) in [6.07, 6.45) is 0.371. The lowest BCUT2D eigenvalue weighted by Gasteiger charge is -2.27. The first-order valence-corrected chi connectivity index (χ1v) is 7.00.